The molecular weight excluding hydrogens is 375 g/mol. The quantitative estimate of drug-likeness (QED) is 0.634. The molecule has 1 aromatic heterocycles. The third-order valence-corrected chi connectivity index (χ3v) is 6.28. The van der Waals surface area contributed by atoms with Gasteiger partial charge in [-0.2, -0.15) is 0 Å². The summed E-state index contributed by atoms with van der Waals surface area (Å²) in [6.07, 6.45) is 3.60. The number of nitrogens with zero attached hydrogens (tertiary/aromatic N) is 4. The Bertz CT molecular complexity index is 706. The van der Waals surface area contributed by atoms with Crippen LogP contribution in [0.5, 0.6) is 0 Å². The first-order valence-electron chi connectivity index (χ1n) is 10.0. The molecule has 0 saturated carbocycles. The summed E-state index contributed by atoms with van der Waals surface area (Å²) in [6.45, 7) is 8.87. The van der Waals surface area contributed by atoms with E-state index in [-0.39, 0.29) is 6.04 Å². The van der Waals surface area contributed by atoms with Crippen LogP contribution in [-0.2, 0) is 14.1 Å². The second-order valence-electron chi connectivity index (χ2n) is 8.77. The fourth-order valence-corrected chi connectivity index (χ4v) is 3.54. The van der Waals surface area contributed by atoms with E-state index < -0.39 is 36.9 Å². The van der Waals surface area contributed by atoms with E-state index in [1.807, 2.05) is 27.7 Å². The van der Waals surface area contributed by atoms with E-state index in [1.54, 1.807) is 19.4 Å². The first-order chi connectivity index (χ1) is 13.6. The maximum absolute atomic E-state index is 12.0. The molecule has 3 heterocycles. The molecule has 0 radical (unpaired) electrons. The Morgan fingerprint density at radius 3 is 2.24 bits per heavy atom. The Morgan fingerprint density at radius 2 is 1.76 bits per heavy atom. The monoisotopic (exact) mass is 406 g/mol. The van der Waals surface area contributed by atoms with Crippen LogP contribution in [0, 0.1) is 0 Å². The predicted molar refractivity (Wildman–Crippen MR) is 109 cm³/mol. The molecule has 9 nitrogen and oxygen atoms in total. The fraction of sp³-hybridized carbons (Fsp3) is 0.737. The van der Waals surface area contributed by atoms with Gasteiger partial charge in [0.15, 0.2) is 6.10 Å². The van der Waals surface area contributed by atoms with Gasteiger partial charge in [0, 0.05) is 44.0 Å². The molecule has 0 unspecified atom stereocenters. The van der Waals surface area contributed by atoms with Gasteiger partial charge in [0.2, 0.25) is 5.95 Å². The van der Waals surface area contributed by atoms with E-state index >= 15 is 0 Å². The summed E-state index contributed by atoms with van der Waals surface area (Å²) >= 11 is 0. The molecule has 10 heteroatoms. The number of hydrogen-bond donors (Lipinski definition) is 2. The molecule has 2 fully saturated rings. The van der Waals surface area contributed by atoms with Crippen molar-refractivity contribution in [3.05, 3.63) is 12.4 Å². The maximum Gasteiger partial charge on any atom is 0.498 e. The van der Waals surface area contributed by atoms with Gasteiger partial charge in [0.25, 0.3) is 5.91 Å². The molecule has 2 saturated heterocycles. The number of rotatable bonds is 5. The van der Waals surface area contributed by atoms with Crippen molar-refractivity contribution < 1.29 is 24.3 Å². The van der Waals surface area contributed by atoms with Crippen LogP contribution in [0.2, 0.25) is 0 Å². The van der Waals surface area contributed by atoms with Crippen LogP contribution in [0.25, 0.3) is 0 Å². The number of anilines is 1. The van der Waals surface area contributed by atoms with Crippen LogP contribution in [0.4, 0.5) is 5.95 Å². The van der Waals surface area contributed by atoms with Crippen molar-refractivity contribution in [2.45, 2.75) is 63.9 Å². The zero-order chi connectivity index (χ0) is 21.4. The number of piperidine rings is 1. The number of carbonyl (C=O) groups is 1. The van der Waals surface area contributed by atoms with Gasteiger partial charge in [0.05, 0.1) is 17.8 Å². The fourth-order valence-electron chi connectivity index (χ4n) is 3.54. The Hall–Kier alpha value is -1.75. The molecule has 0 aromatic carbocycles. The van der Waals surface area contributed by atoms with Gasteiger partial charge in [-0.1, -0.05) is 0 Å². The highest BCUT2D eigenvalue weighted by Crippen LogP contribution is 2.36. The van der Waals surface area contributed by atoms with Gasteiger partial charge in [-0.25, -0.2) is 9.97 Å². The van der Waals surface area contributed by atoms with Gasteiger partial charge in [-0.3, -0.25) is 4.79 Å². The molecule has 2 aliphatic heterocycles. The number of amides is 1. The molecule has 3 rings (SSSR count). The smallest absolute Gasteiger partial charge is 0.399 e. The summed E-state index contributed by atoms with van der Waals surface area (Å²) in [6, 6.07) is 0.0176. The third-order valence-electron chi connectivity index (χ3n) is 6.28. The van der Waals surface area contributed by atoms with E-state index in [2.05, 4.69) is 14.9 Å². The van der Waals surface area contributed by atoms with Crippen LogP contribution in [0.15, 0.2) is 12.4 Å². The van der Waals surface area contributed by atoms with Crippen molar-refractivity contribution in [1.82, 2.24) is 14.9 Å². The molecule has 29 heavy (non-hydrogen) atoms. The van der Waals surface area contributed by atoms with Gasteiger partial charge in [-0.05, 0) is 40.5 Å². The molecule has 2 N–H and O–H groups in total. The zero-order valence-corrected chi connectivity index (χ0v) is 17.8. The summed E-state index contributed by atoms with van der Waals surface area (Å²) in [5, 5.41) is 18.5. The molecular formula is C19H31BN4O5. The highest BCUT2D eigenvalue weighted by molar-refractivity contribution is 6.61. The molecule has 1 aromatic rings. The molecule has 2 aliphatic rings. The van der Waals surface area contributed by atoms with Crippen molar-refractivity contribution in [2.75, 3.05) is 31.6 Å². The first kappa shape index (κ1) is 22.0. The largest absolute Gasteiger partial charge is 0.498 e. The molecule has 0 bridgehead atoms. The zero-order valence-electron chi connectivity index (χ0n) is 17.8. The number of likely N-dealkylation sites (N-methyl/N-ethyl adjacent to an activating group) is 1. The standard InChI is InChI=1S/C19H31BN4O5/c1-18(2)19(3,4)29-20(28-18)13-10-21-17(22-11-13)24-8-6-14(7-9-24)23(5)16(27)15(26)12-25/h10-11,14-15,25-26H,6-9,12H2,1-5H3/t15-/m0/s1. The SMILES string of the molecule is CN(C(=O)[C@@H](O)CO)C1CCN(c2ncc(B3OC(C)(C)C(C)(C)O3)cn2)CC1. The molecule has 1 amide bonds. The van der Waals surface area contributed by atoms with Crippen molar-refractivity contribution >= 4 is 24.4 Å². The first-order valence-corrected chi connectivity index (χ1v) is 10.0. The average Bonchev–Trinajstić information content (AvgIpc) is 2.93. The minimum absolute atomic E-state index is 0.0176. The van der Waals surface area contributed by atoms with Crippen molar-refractivity contribution in [2.24, 2.45) is 0 Å². The maximum atomic E-state index is 12.0. The molecule has 0 aliphatic carbocycles. The number of aliphatic hydroxyl groups excluding tert-OH is 2. The molecule has 1 atom stereocenters. The van der Waals surface area contributed by atoms with E-state index in [4.69, 9.17) is 14.4 Å². The predicted octanol–water partition coefficient (Wildman–Crippen LogP) is -0.444. The third kappa shape index (κ3) is 4.40. The van der Waals surface area contributed by atoms with E-state index in [9.17, 15) is 9.90 Å². The van der Waals surface area contributed by atoms with Crippen LogP contribution in [0.3, 0.4) is 0 Å². The van der Waals surface area contributed by atoms with Crippen molar-refractivity contribution in [3.8, 4) is 0 Å². The van der Waals surface area contributed by atoms with E-state index in [0.717, 1.165) is 18.3 Å². The minimum Gasteiger partial charge on any atom is -0.399 e. The average molecular weight is 406 g/mol. The Kier molecular flexibility index (Phi) is 6.19. The van der Waals surface area contributed by atoms with Crippen molar-refractivity contribution in [3.63, 3.8) is 0 Å². The van der Waals surface area contributed by atoms with Crippen LogP contribution in [0.1, 0.15) is 40.5 Å². The molecule has 160 valence electrons. The van der Waals surface area contributed by atoms with E-state index in [0.29, 0.717) is 19.0 Å². The van der Waals surface area contributed by atoms with Gasteiger partial charge < -0.3 is 29.3 Å². The molecule has 0 spiro atoms. The lowest BCUT2D eigenvalue weighted by molar-refractivity contribution is -0.143. The minimum atomic E-state index is -1.36. The summed E-state index contributed by atoms with van der Waals surface area (Å²) < 4.78 is 12.1. The second-order valence-corrected chi connectivity index (χ2v) is 8.77. The Morgan fingerprint density at radius 1 is 1.24 bits per heavy atom. The lowest BCUT2D eigenvalue weighted by atomic mass is 9.81. The van der Waals surface area contributed by atoms with Crippen LogP contribution in [-0.4, -0.2) is 88.2 Å². The van der Waals surface area contributed by atoms with Gasteiger partial charge in [-0.15, -0.1) is 0 Å². The topological polar surface area (TPSA) is 108 Å². The Labute approximate surface area is 172 Å². The Balaban J connectivity index is 1.58. The number of carbonyl (C=O) groups excluding carboxylic acids is 1. The summed E-state index contributed by atoms with van der Waals surface area (Å²) in [7, 11) is 1.18. The number of hydrogen-bond acceptors (Lipinski definition) is 8. The number of aromatic nitrogens is 2. The summed E-state index contributed by atoms with van der Waals surface area (Å²) in [4.78, 5) is 24.6. The van der Waals surface area contributed by atoms with Gasteiger partial charge >= 0.3 is 7.12 Å². The number of aliphatic hydroxyl groups is 2. The highest BCUT2D eigenvalue weighted by Gasteiger charge is 2.52. The van der Waals surface area contributed by atoms with Crippen LogP contribution >= 0.6 is 0 Å². The normalized spacial score (nSPS) is 22.6. The lowest BCUT2D eigenvalue weighted by Crippen LogP contribution is -2.49. The highest BCUT2D eigenvalue weighted by atomic mass is 16.7. The van der Waals surface area contributed by atoms with E-state index in [1.165, 1.54) is 4.90 Å². The van der Waals surface area contributed by atoms with Crippen LogP contribution < -0.4 is 10.4 Å². The lowest BCUT2D eigenvalue weighted by Gasteiger charge is -2.37. The second kappa shape index (κ2) is 8.18. The summed E-state index contributed by atoms with van der Waals surface area (Å²) in [5.41, 5.74) is -0.0399. The van der Waals surface area contributed by atoms with Crippen molar-refractivity contribution in [1.29, 1.82) is 0 Å². The summed E-state index contributed by atoms with van der Waals surface area (Å²) in [5.74, 6) is 0.182. The van der Waals surface area contributed by atoms with Gasteiger partial charge in [0.1, 0.15) is 0 Å².